The first kappa shape index (κ1) is 10.3. The number of hydrogen-bond donors (Lipinski definition) is 1. The topological polar surface area (TPSA) is 32.7 Å². The van der Waals surface area contributed by atoms with Gasteiger partial charge in [-0.25, -0.2) is 0 Å². The van der Waals surface area contributed by atoms with Gasteiger partial charge in [-0.2, -0.15) is 0 Å². The van der Waals surface area contributed by atoms with Gasteiger partial charge in [-0.05, 0) is 32.0 Å². The first-order chi connectivity index (χ1) is 7.29. The molecule has 1 heterocycles. The summed E-state index contributed by atoms with van der Waals surface area (Å²) in [5.41, 5.74) is 0.984. The van der Waals surface area contributed by atoms with Crippen molar-refractivity contribution in [3.63, 3.8) is 0 Å². The number of likely N-dealkylation sites (tertiary alicyclic amines) is 1. The zero-order chi connectivity index (χ0) is 10.7. The van der Waals surface area contributed by atoms with E-state index in [1.165, 1.54) is 12.8 Å². The van der Waals surface area contributed by atoms with Crippen LogP contribution in [0.1, 0.15) is 18.4 Å². The Labute approximate surface area is 90.3 Å². The summed E-state index contributed by atoms with van der Waals surface area (Å²) in [6.45, 7) is 3.13. The van der Waals surface area contributed by atoms with Crippen LogP contribution in [0.5, 0.6) is 11.5 Å². The minimum atomic E-state index is 0.334. The number of methoxy groups -OCH3 is 1. The normalized spacial score (nSPS) is 16.9. The smallest absolute Gasteiger partial charge is 0.123 e. The largest absolute Gasteiger partial charge is 0.507 e. The van der Waals surface area contributed by atoms with Crippen LogP contribution in [0.15, 0.2) is 18.2 Å². The van der Waals surface area contributed by atoms with E-state index in [0.717, 1.165) is 25.2 Å². The summed E-state index contributed by atoms with van der Waals surface area (Å²) in [6.07, 6.45) is 2.55. The lowest BCUT2D eigenvalue weighted by Gasteiger charge is -2.15. The Morgan fingerprint density at radius 3 is 2.67 bits per heavy atom. The number of hydrogen-bond acceptors (Lipinski definition) is 3. The third-order valence-electron chi connectivity index (χ3n) is 2.89. The van der Waals surface area contributed by atoms with E-state index in [-0.39, 0.29) is 0 Å². The number of aromatic hydroxyl groups is 1. The van der Waals surface area contributed by atoms with Crippen LogP contribution in [0, 0.1) is 0 Å². The Balaban J connectivity index is 2.07. The van der Waals surface area contributed by atoms with Gasteiger partial charge in [0.25, 0.3) is 0 Å². The molecule has 0 aromatic heterocycles. The molecule has 0 unspecified atom stereocenters. The van der Waals surface area contributed by atoms with Gasteiger partial charge in [0, 0.05) is 18.2 Å². The predicted molar refractivity (Wildman–Crippen MR) is 59.2 cm³/mol. The molecule has 0 saturated carbocycles. The number of phenolic OH excluding ortho intramolecular Hbond substituents is 1. The minimum Gasteiger partial charge on any atom is -0.507 e. The summed E-state index contributed by atoms with van der Waals surface area (Å²) in [5, 5.41) is 9.78. The van der Waals surface area contributed by atoms with Gasteiger partial charge in [-0.3, -0.25) is 4.90 Å². The average Bonchev–Trinajstić information content (AvgIpc) is 2.74. The molecule has 2 rings (SSSR count). The molecule has 0 amide bonds. The highest BCUT2D eigenvalue weighted by Gasteiger charge is 2.13. The van der Waals surface area contributed by atoms with Crippen molar-refractivity contribution in [2.75, 3.05) is 20.2 Å². The highest BCUT2D eigenvalue weighted by Crippen LogP contribution is 2.25. The van der Waals surface area contributed by atoms with E-state index in [9.17, 15) is 5.11 Å². The lowest BCUT2D eigenvalue weighted by Crippen LogP contribution is -2.18. The number of benzene rings is 1. The summed E-state index contributed by atoms with van der Waals surface area (Å²) in [5.74, 6) is 1.04. The van der Waals surface area contributed by atoms with E-state index in [2.05, 4.69) is 4.90 Å². The molecule has 1 aromatic rings. The van der Waals surface area contributed by atoms with Crippen LogP contribution in [0.3, 0.4) is 0 Å². The SMILES string of the molecule is COc1ccc(CN2CCCC2)c(O)c1. The number of ether oxygens (including phenoxy) is 1. The van der Waals surface area contributed by atoms with E-state index in [4.69, 9.17) is 4.74 Å². The molecule has 3 nitrogen and oxygen atoms in total. The second-order valence-electron chi connectivity index (χ2n) is 3.98. The van der Waals surface area contributed by atoms with Gasteiger partial charge >= 0.3 is 0 Å². The number of nitrogens with zero attached hydrogens (tertiary/aromatic N) is 1. The molecule has 3 heteroatoms. The average molecular weight is 207 g/mol. The molecule has 1 aliphatic rings. The van der Waals surface area contributed by atoms with Crippen LogP contribution in [-0.4, -0.2) is 30.2 Å². The maximum Gasteiger partial charge on any atom is 0.123 e. The zero-order valence-electron chi connectivity index (χ0n) is 9.07. The van der Waals surface area contributed by atoms with Gasteiger partial charge < -0.3 is 9.84 Å². The highest BCUT2D eigenvalue weighted by molar-refractivity contribution is 5.39. The Kier molecular flexibility index (Phi) is 3.11. The van der Waals surface area contributed by atoms with Crippen LogP contribution >= 0.6 is 0 Å². The van der Waals surface area contributed by atoms with Gasteiger partial charge in [0.1, 0.15) is 11.5 Å². The zero-order valence-corrected chi connectivity index (χ0v) is 9.07. The summed E-state index contributed by atoms with van der Waals surface area (Å²) >= 11 is 0. The second kappa shape index (κ2) is 4.53. The molecule has 1 aliphatic heterocycles. The second-order valence-corrected chi connectivity index (χ2v) is 3.98. The van der Waals surface area contributed by atoms with Crippen molar-refractivity contribution in [2.45, 2.75) is 19.4 Å². The Morgan fingerprint density at radius 2 is 2.07 bits per heavy atom. The van der Waals surface area contributed by atoms with Crippen molar-refractivity contribution in [1.29, 1.82) is 0 Å². The third-order valence-corrected chi connectivity index (χ3v) is 2.89. The maximum atomic E-state index is 9.78. The minimum absolute atomic E-state index is 0.334. The molecular weight excluding hydrogens is 190 g/mol. The van der Waals surface area contributed by atoms with Gasteiger partial charge in [0.15, 0.2) is 0 Å². The standard InChI is InChI=1S/C12H17NO2/c1-15-11-5-4-10(12(14)8-11)9-13-6-2-3-7-13/h4-5,8,14H,2-3,6-7,9H2,1H3. The van der Waals surface area contributed by atoms with Gasteiger partial charge in [-0.15, -0.1) is 0 Å². The van der Waals surface area contributed by atoms with Crippen molar-refractivity contribution in [2.24, 2.45) is 0 Å². The molecule has 1 aromatic carbocycles. The van der Waals surface area contributed by atoms with Crippen molar-refractivity contribution in [3.05, 3.63) is 23.8 Å². The van der Waals surface area contributed by atoms with Crippen LogP contribution in [0.25, 0.3) is 0 Å². The summed E-state index contributed by atoms with van der Waals surface area (Å²) in [6, 6.07) is 5.50. The fraction of sp³-hybridized carbons (Fsp3) is 0.500. The molecule has 15 heavy (non-hydrogen) atoms. The van der Waals surface area contributed by atoms with Crippen molar-refractivity contribution in [3.8, 4) is 11.5 Å². The lowest BCUT2D eigenvalue weighted by molar-refractivity contribution is 0.323. The number of phenols is 1. The fourth-order valence-electron chi connectivity index (χ4n) is 1.99. The van der Waals surface area contributed by atoms with E-state index in [1.807, 2.05) is 12.1 Å². The summed E-state index contributed by atoms with van der Waals surface area (Å²) in [7, 11) is 1.61. The van der Waals surface area contributed by atoms with Crippen molar-refractivity contribution in [1.82, 2.24) is 4.90 Å². The van der Waals surface area contributed by atoms with Crippen LogP contribution in [-0.2, 0) is 6.54 Å². The predicted octanol–water partition coefficient (Wildman–Crippen LogP) is 2.00. The van der Waals surface area contributed by atoms with Gasteiger partial charge in [-0.1, -0.05) is 6.07 Å². The van der Waals surface area contributed by atoms with Crippen molar-refractivity contribution < 1.29 is 9.84 Å². The molecule has 0 spiro atoms. The fourth-order valence-corrected chi connectivity index (χ4v) is 1.99. The Hall–Kier alpha value is -1.22. The molecule has 1 N–H and O–H groups in total. The lowest BCUT2D eigenvalue weighted by atomic mass is 10.2. The van der Waals surface area contributed by atoms with E-state index < -0.39 is 0 Å². The summed E-state index contributed by atoms with van der Waals surface area (Å²) < 4.78 is 5.05. The first-order valence-corrected chi connectivity index (χ1v) is 5.38. The Bertz CT molecular complexity index is 332. The molecule has 1 saturated heterocycles. The highest BCUT2D eigenvalue weighted by atomic mass is 16.5. The molecule has 0 radical (unpaired) electrons. The Morgan fingerprint density at radius 1 is 1.33 bits per heavy atom. The molecule has 0 bridgehead atoms. The monoisotopic (exact) mass is 207 g/mol. The van der Waals surface area contributed by atoms with Crippen LogP contribution in [0.4, 0.5) is 0 Å². The van der Waals surface area contributed by atoms with Crippen LogP contribution in [0.2, 0.25) is 0 Å². The molecule has 0 atom stereocenters. The third kappa shape index (κ3) is 2.42. The van der Waals surface area contributed by atoms with Gasteiger partial charge in [0.05, 0.1) is 7.11 Å². The van der Waals surface area contributed by atoms with Crippen molar-refractivity contribution >= 4 is 0 Å². The van der Waals surface area contributed by atoms with E-state index >= 15 is 0 Å². The van der Waals surface area contributed by atoms with E-state index in [0.29, 0.717) is 11.5 Å². The quantitative estimate of drug-likeness (QED) is 0.822. The molecule has 82 valence electrons. The number of rotatable bonds is 3. The molecular formula is C12H17NO2. The maximum absolute atomic E-state index is 9.78. The first-order valence-electron chi connectivity index (χ1n) is 5.38. The van der Waals surface area contributed by atoms with Crippen LogP contribution < -0.4 is 4.74 Å². The summed E-state index contributed by atoms with van der Waals surface area (Å²) in [4.78, 5) is 2.36. The van der Waals surface area contributed by atoms with Gasteiger partial charge in [0.2, 0.25) is 0 Å². The molecule has 0 aliphatic carbocycles. The van der Waals surface area contributed by atoms with E-state index in [1.54, 1.807) is 13.2 Å². The molecule has 1 fully saturated rings.